The fourth-order valence-electron chi connectivity index (χ4n) is 1.17. The van der Waals surface area contributed by atoms with Gasteiger partial charge in [0.15, 0.2) is 0 Å². The molecule has 1 saturated carbocycles. The van der Waals surface area contributed by atoms with Crippen LogP contribution < -0.4 is 0 Å². The highest BCUT2D eigenvalue weighted by Gasteiger charge is 2.32. The van der Waals surface area contributed by atoms with Gasteiger partial charge in [-0.15, -0.1) is 0 Å². The second-order valence-corrected chi connectivity index (χ2v) is 2.67. The van der Waals surface area contributed by atoms with E-state index in [2.05, 4.69) is 0 Å². The van der Waals surface area contributed by atoms with Crippen LogP contribution in [0.5, 0.6) is 0 Å². The lowest BCUT2D eigenvalue weighted by atomic mass is 9.76. The van der Waals surface area contributed by atoms with Crippen molar-refractivity contribution in [3.63, 3.8) is 0 Å². The van der Waals surface area contributed by atoms with E-state index in [0.717, 1.165) is 12.8 Å². The molecule has 0 aliphatic heterocycles. The van der Waals surface area contributed by atoms with Gasteiger partial charge >= 0.3 is 0 Å². The maximum absolute atomic E-state index is 11.7. The van der Waals surface area contributed by atoms with E-state index in [1.807, 2.05) is 6.92 Å². The minimum atomic E-state index is -2.06. The van der Waals surface area contributed by atoms with E-state index in [9.17, 15) is 8.78 Å². The van der Waals surface area contributed by atoms with Gasteiger partial charge in [-0.1, -0.05) is 6.92 Å². The van der Waals surface area contributed by atoms with Crippen LogP contribution in [0.25, 0.3) is 0 Å². The Morgan fingerprint density at radius 3 is 2.00 bits per heavy atom. The summed E-state index contributed by atoms with van der Waals surface area (Å²) < 4.78 is 23.3. The first-order valence-electron chi connectivity index (χ1n) is 2.98. The summed E-state index contributed by atoms with van der Waals surface area (Å²) in [5.41, 5.74) is 0. The zero-order valence-electron chi connectivity index (χ0n) is 4.90. The molecule has 0 N–H and O–H groups in total. The quantitative estimate of drug-likeness (QED) is 0.498. The second-order valence-electron chi connectivity index (χ2n) is 2.67. The van der Waals surface area contributed by atoms with Gasteiger partial charge < -0.3 is 0 Å². The van der Waals surface area contributed by atoms with E-state index in [-0.39, 0.29) is 5.92 Å². The molecule has 0 spiro atoms. The minimum absolute atomic E-state index is 0.273. The molecule has 1 aliphatic carbocycles. The van der Waals surface area contributed by atoms with Crippen molar-refractivity contribution >= 4 is 0 Å². The predicted octanol–water partition coefficient (Wildman–Crippen LogP) is 2.30. The van der Waals surface area contributed by atoms with Crippen molar-refractivity contribution in [2.75, 3.05) is 0 Å². The van der Waals surface area contributed by atoms with Crippen molar-refractivity contribution in [3.05, 3.63) is 0 Å². The van der Waals surface area contributed by atoms with Gasteiger partial charge in [-0.05, 0) is 18.8 Å². The third-order valence-corrected chi connectivity index (χ3v) is 1.77. The molecule has 0 saturated heterocycles. The molecular formula is C6H10F2. The molecule has 1 rings (SSSR count). The molecule has 0 heterocycles. The Balaban J connectivity index is 2.15. The molecule has 2 heteroatoms. The first-order chi connectivity index (χ1) is 3.70. The minimum Gasteiger partial charge on any atom is -0.210 e. The Labute approximate surface area is 47.9 Å². The molecule has 0 bridgehead atoms. The van der Waals surface area contributed by atoms with Gasteiger partial charge in [-0.2, -0.15) is 0 Å². The van der Waals surface area contributed by atoms with Gasteiger partial charge in [-0.25, -0.2) is 8.78 Å². The van der Waals surface area contributed by atoms with Crippen LogP contribution in [-0.4, -0.2) is 6.43 Å². The maximum atomic E-state index is 11.7. The molecule has 1 aliphatic rings. The lowest BCUT2D eigenvalue weighted by Gasteiger charge is -2.31. The Morgan fingerprint density at radius 1 is 1.38 bits per heavy atom. The summed E-state index contributed by atoms with van der Waals surface area (Å²) in [6, 6.07) is 0. The van der Waals surface area contributed by atoms with Gasteiger partial charge in [0.1, 0.15) is 0 Å². The third kappa shape index (κ3) is 0.984. The molecule has 0 amide bonds. The number of alkyl halides is 2. The van der Waals surface area contributed by atoms with Crippen molar-refractivity contribution < 1.29 is 8.78 Å². The van der Waals surface area contributed by atoms with Crippen molar-refractivity contribution in [3.8, 4) is 0 Å². The zero-order valence-corrected chi connectivity index (χ0v) is 4.90. The molecule has 0 unspecified atom stereocenters. The SMILES string of the molecule is CC1CC(C(F)F)C1. The first kappa shape index (κ1) is 5.99. The van der Waals surface area contributed by atoms with E-state index in [0.29, 0.717) is 5.92 Å². The van der Waals surface area contributed by atoms with E-state index >= 15 is 0 Å². The van der Waals surface area contributed by atoms with Gasteiger partial charge in [0.25, 0.3) is 0 Å². The highest BCUT2D eigenvalue weighted by molar-refractivity contribution is 4.77. The van der Waals surface area contributed by atoms with Gasteiger partial charge in [0.2, 0.25) is 6.43 Å². The Bertz CT molecular complexity index is 74.6. The number of halogens is 2. The highest BCUT2D eigenvalue weighted by atomic mass is 19.3. The molecule has 8 heavy (non-hydrogen) atoms. The maximum Gasteiger partial charge on any atom is 0.241 e. The lowest BCUT2D eigenvalue weighted by molar-refractivity contribution is 0.00788. The fourth-order valence-corrected chi connectivity index (χ4v) is 1.17. The van der Waals surface area contributed by atoms with Crippen LogP contribution in [0.2, 0.25) is 0 Å². The summed E-state index contributed by atoms with van der Waals surface area (Å²) in [5, 5.41) is 0. The van der Waals surface area contributed by atoms with Crippen LogP contribution in [0.4, 0.5) is 8.78 Å². The average molecular weight is 120 g/mol. The van der Waals surface area contributed by atoms with E-state index in [1.165, 1.54) is 0 Å². The van der Waals surface area contributed by atoms with Gasteiger partial charge in [0, 0.05) is 5.92 Å². The summed E-state index contributed by atoms with van der Waals surface area (Å²) in [7, 11) is 0. The van der Waals surface area contributed by atoms with Crippen LogP contribution in [0.3, 0.4) is 0 Å². The van der Waals surface area contributed by atoms with Crippen LogP contribution >= 0.6 is 0 Å². The largest absolute Gasteiger partial charge is 0.241 e. The van der Waals surface area contributed by atoms with Gasteiger partial charge in [0.05, 0.1) is 0 Å². The Hall–Kier alpha value is -0.140. The van der Waals surface area contributed by atoms with Crippen LogP contribution in [0.1, 0.15) is 19.8 Å². The van der Waals surface area contributed by atoms with Crippen LogP contribution in [-0.2, 0) is 0 Å². The van der Waals surface area contributed by atoms with Crippen molar-refractivity contribution in [2.45, 2.75) is 26.2 Å². The number of rotatable bonds is 1. The molecule has 0 aromatic rings. The standard InChI is InChI=1S/C6H10F2/c1-4-2-5(3-4)6(7)8/h4-6H,2-3H2,1H3. The molecule has 48 valence electrons. The zero-order chi connectivity index (χ0) is 6.15. The molecular weight excluding hydrogens is 110 g/mol. The number of hydrogen-bond acceptors (Lipinski definition) is 0. The predicted molar refractivity (Wildman–Crippen MR) is 27.9 cm³/mol. The Morgan fingerprint density at radius 2 is 1.88 bits per heavy atom. The van der Waals surface area contributed by atoms with E-state index in [1.54, 1.807) is 0 Å². The van der Waals surface area contributed by atoms with Crippen LogP contribution in [0.15, 0.2) is 0 Å². The second kappa shape index (κ2) is 2.00. The summed E-state index contributed by atoms with van der Waals surface area (Å²) in [4.78, 5) is 0. The molecule has 0 atom stereocenters. The topological polar surface area (TPSA) is 0 Å². The van der Waals surface area contributed by atoms with Gasteiger partial charge in [-0.3, -0.25) is 0 Å². The third-order valence-electron chi connectivity index (χ3n) is 1.77. The van der Waals surface area contributed by atoms with Crippen molar-refractivity contribution in [1.82, 2.24) is 0 Å². The molecule has 1 fully saturated rings. The smallest absolute Gasteiger partial charge is 0.210 e. The summed E-state index contributed by atoms with van der Waals surface area (Å²) in [6.45, 7) is 2.01. The molecule has 0 radical (unpaired) electrons. The monoisotopic (exact) mass is 120 g/mol. The Kier molecular flexibility index (Phi) is 1.49. The normalized spacial score (nSPS) is 37.5. The van der Waals surface area contributed by atoms with Crippen molar-refractivity contribution in [2.24, 2.45) is 11.8 Å². The highest BCUT2D eigenvalue weighted by Crippen LogP contribution is 2.36. The van der Waals surface area contributed by atoms with E-state index < -0.39 is 6.43 Å². The van der Waals surface area contributed by atoms with Crippen molar-refractivity contribution in [1.29, 1.82) is 0 Å². The number of hydrogen-bond donors (Lipinski definition) is 0. The average Bonchev–Trinajstić information content (AvgIpc) is 1.57. The molecule has 0 aromatic heterocycles. The summed E-state index contributed by atoms with van der Waals surface area (Å²) >= 11 is 0. The van der Waals surface area contributed by atoms with E-state index in [4.69, 9.17) is 0 Å². The fraction of sp³-hybridized carbons (Fsp3) is 1.00. The first-order valence-corrected chi connectivity index (χ1v) is 2.98. The molecule has 0 aromatic carbocycles. The summed E-state index contributed by atoms with van der Waals surface area (Å²) in [6.07, 6.45) is -0.596. The molecule has 0 nitrogen and oxygen atoms in total. The van der Waals surface area contributed by atoms with Crippen LogP contribution in [0, 0.1) is 11.8 Å². The lowest BCUT2D eigenvalue weighted by Crippen LogP contribution is -2.26. The summed E-state index contributed by atoms with van der Waals surface area (Å²) in [5.74, 6) is 0.277.